The molecule has 2 unspecified atom stereocenters. The summed E-state index contributed by atoms with van der Waals surface area (Å²) in [5, 5.41) is 3.24. The second-order valence-electron chi connectivity index (χ2n) is 6.80. The van der Waals surface area contributed by atoms with Crippen LogP contribution in [0.1, 0.15) is 43.7 Å². The number of ether oxygens (including phenoxy) is 1. The molecule has 5 heteroatoms. The van der Waals surface area contributed by atoms with Crippen molar-refractivity contribution in [2.75, 3.05) is 11.9 Å². The summed E-state index contributed by atoms with van der Waals surface area (Å²) in [7, 11) is 0. The fourth-order valence-corrected chi connectivity index (χ4v) is 3.98. The Morgan fingerprint density at radius 1 is 1.30 bits per heavy atom. The van der Waals surface area contributed by atoms with Gasteiger partial charge in [0.2, 0.25) is 0 Å². The fraction of sp³-hybridized carbons (Fsp3) is 0.611. The molecule has 3 rings (SSSR count). The van der Waals surface area contributed by atoms with Gasteiger partial charge in [-0.1, -0.05) is 12.5 Å². The highest BCUT2D eigenvalue weighted by atomic mass is 127. The predicted molar refractivity (Wildman–Crippen MR) is 107 cm³/mol. The SMILES string of the molecule is CCOC1CC(N=C(N)Nc2cc(C)cc(C)c2)C12CCC2.I. The molecule has 0 aromatic heterocycles. The Morgan fingerprint density at radius 2 is 1.96 bits per heavy atom. The molecule has 2 atom stereocenters. The number of anilines is 1. The van der Waals surface area contributed by atoms with E-state index >= 15 is 0 Å². The summed E-state index contributed by atoms with van der Waals surface area (Å²) in [6.45, 7) is 7.04. The first kappa shape index (κ1) is 18.5. The molecule has 2 aliphatic rings. The van der Waals surface area contributed by atoms with Crippen LogP contribution in [-0.2, 0) is 4.74 Å². The zero-order valence-corrected chi connectivity index (χ0v) is 16.6. The van der Waals surface area contributed by atoms with Crippen molar-refractivity contribution in [3.8, 4) is 0 Å². The number of aliphatic imine (C=N–C) groups is 1. The summed E-state index contributed by atoms with van der Waals surface area (Å²) in [6.07, 6.45) is 5.13. The predicted octanol–water partition coefficient (Wildman–Crippen LogP) is 4.00. The van der Waals surface area contributed by atoms with Gasteiger partial charge in [-0.3, -0.25) is 0 Å². The minimum atomic E-state index is 0. The maximum atomic E-state index is 6.13. The van der Waals surface area contributed by atoms with Crippen molar-refractivity contribution in [1.82, 2.24) is 0 Å². The first-order chi connectivity index (χ1) is 10.5. The Balaban J connectivity index is 0.00000192. The highest BCUT2D eigenvalue weighted by Crippen LogP contribution is 2.58. The van der Waals surface area contributed by atoms with Gasteiger partial charge in [-0.15, -0.1) is 24.0 Å². The lowest BCUT2D eigenvalue weighted by atomic mass is 9.51. The summed E-state index contributed by atoms with van der Waals surface area (Å²) < 4.78 is 5.87. The molecule has 1 aromatic rings. The molecule has 128 valence electrons. The van der Waals surface area contributed by atoms with Crippen molar-refractivity contribution in [2.24, 2.45) is 16.1 Å². The molecule has 0 saturated heterocycles. The average Bonchev–Trinajstić information content (AvgIpc) is 2.33. The number of nitrogens with one attached hydrogen (secondary N) is 1. The third-order valence-corrected chi connectivity index (χ3v) is 5.18. The van der Waals surface area contributed by atoms with Gasteiger partial charge in [0, 0.05) is 17.7 Å². The smallest absolute Gasteiger partial charge is 0.193 e. The molecule has 0 aliphatic heterocycles. The van der Waals surface area contributed by atoms with Crippen molar-refractivity contribution < 1.29 is 4.74 Å². The van der Waals surface area contributed by atoms with Crippen LogP contribution in [0.2, 0.25) is 0 Å². The number of nitrogens with zero attached hydrogens (tertiary/aromatic N) is 1. The van der Waals surface area contributed by atoms with E-state index in [-0.39, 0.29) is 29.4 Å². The number of benzene rings is 1. The van der Waals surface area contributed by atoms with Crippen molar-refractivity contribution in [3.63, 3.8) is 0 Å². The third-order valence-electron chi connectivity index (χ3n) is 5.18. The van der Waals surface area contributed by atoms with Crippen LogP contribution in [0.15, 0.2) is 23.2 Å². The van der Waals surface area contributed by atoms with Crippen LogP contribution in [0.25, 0.3) is 0 Å². The van der Waals surface area contributed by atoms with Crippen LogP contribution >= 0.6 is 24.0 Å². The molecule has 3 N–H and O–H groups in total. The Hall–Kier alpha value is -0.820. The summed E-state index contributed by atoms with van der Waals surface area (Å²) >= 11 is 0. The van der Waals surface area contributed by atoms with Crippen molar-refractivity contribution in [2.45, 2.75) is 58.6 Å². The van der Waals surface area contributed by atoms with Gasteiger partial charge in [0.15, 0.2) is 5.96 Å². The summed E-state index contributed by atoms with van der Waals surface area (Å²) in [5.41, 5.74) is 9.87. The standard InChI is InChI=1S/C18H27N3O.HI/c1-4-22-16-11-15(18(16)6-5-7-18)21-17(19)20-14-9-12(2)8-13(3)10-14;/h8-10,15-16H,4-7,11H2,1-3H3,(H3,19,20,21);1H. The Kier molecular flexibility index (Phi) is 5.94. The molecule has 2 saturated carbocycles. The van der Waals surface area contributed by atoms with E-state index in [9.17, 15) is 0 Å². The van der Waals surface area contributed by atoms with Crippen LogP contribution < -0.4 is 11.1 Å². The lowest BCUT2D eigenvalue weighted by Crippen LogP contribution is -2.61. The summed E-state index contributed by atoms with van der Waals surface area (Å²) in [5.74, 6) is 0.524. The Bertz CT molecular complexity index is 563. The van der Waals surface area contributed by atoms with Crippen LogP contribution in [0, 0.1) is 19.3 Å². The first-order valence-electron chi connectivity index (χ1n) is 8.33. The zero-order chi connectivity index (χ0) is 15.7. The monoisotopic (exact) mass is 429 g/mol. The molecule has 0 amide bonds. The average molecular weight is 429 g/mol. The molecule has 0 heterocycles. The second kappa shape index (κ2) is 7.38. The molecular formula is C18H28IN3O. The highest BCUT2D eigenvalue weighted by molar-refractivity contribution is 14.0. The second-order valence-corrected chi connectivity index (χ2v) is 6.80. The van der Waals surface area contributed by atoms with Crippen LogP contribution in [-0.4, -0.2) is 24.7 Å². The quantitative estimate of drug-likeness (QED) is 0.432. The van der Waals surface area contributed by atoms with E-state index in [1.165, 1.54) is 30.4 Å². The lowest BCUT2D eigenvalue weighted by molar-refractivity contribution is -0.162. The van der Waals surface area contributed by atoms with Crippen LogP contribution in [0.5, 0.6) is 0 Å². The molecule has 4 nitrogen and oxygen atoms in total. The van der Waals surface area contributed by atoms with Crippen molar-refractivity contribution in [3.05, 3.63) is 29.3 Å². The molecule has 2 fully saturated rings. The number of halogens is 1. The zero-order valence-electron chi connectivity index (χ0n) is 14.3. The molecule has 0 bridgehead atoms. The molecule has 1 aromatic carbocycles. The van der Waals surface area contributed by atoms with Gasteiger partial charge in [-0.05, 0) is 63.3 Å². The lowest BCUT2D eigenvalue weighted by Gasteiger charge is -2.59. The van der Waals surface area contributed by atoms with Crippen molar-refractivity contribution >= 4 is 35.6 Å². The Morgan fingerprint density at radius 3 is 2.48 bits per heavy atom. The van der Waals surface area contributed by atoms with Crippen molar-refractivity contribution in [1.29, 1.82) is 0 Å². The summed E-state index contributed by atoms with van der Waals surface area (Å²) in [6, 6.07) is 6.66. The number of hydrogen-bond acceptors (Lipinski definition) is 2. The maximum absolute atomic E-state index is 6.13. The number of guanidine groups is 1. The molecule has 0 radical (unpaired) electrons. The number of hydrogen-bond donors (Lipinski definition) is 2. The molecule has 1 spiro atoms. The van der Waals surface area contributed by atoms with E-state index in [0.29, 0.717) is 18.1 Å². The van der Waals surface area contributed by atoms with Gasteiger partial charge in [0.25, 0.3) is 0 Å². The van der Waals surface area contributed by atoms with Gasteiger partial charge >= 0.3 is 0 Å². The van der Waals surface area contributed by atoms with Crippen LogP contribution in [0.4, 0.5) is 5.69 Å². The molecular weight excluding hydrogens is 401 g/mol. The van der Waals surface area contributed by atoms with E-state index in [1.807, 2.05) is 0 Å². The number of nitrogens with two attached hydrogens (primary N) is 1. The van der Waals surface area contributed by atoms with Gasteiger partial charge < -0.3 is 15.8 Å². The van der Waals surface area contributed by atoms with E-state index in [2.05, 4.69) is 44.3 Å². The maximum Gasteiger partial charge on any atom is 0.193 e. The Labute approximate surface area is 156 Å². The third kappa shape index (κ3) is 3.65. The summed E-state index contributed by atoms with van der Waals surface area (Å²) in [4.78, 5) is 4.75. The van der Waals surface area contributed by atoms with Gasteiger partial charge in [0.05, 0.1) is 12.1 Å². The largest absolute Gasteiger partial charge is 0.378 e. The van der Waals surface area contributed by atoms with Gasteiger partial charge in [-0.2, -0.15) is 0 Å². The normalized spacial score (nSPS) is 25.3. The van der Waals surface area contributed by atoms with E-state index < -0.39 is 0 Å². The minimum absolute atomic E-state index is 0. The molecule has 23 heavy (non-hydrogen) atoms. The topological polar surface area (TPSA) is 59.6 Å². The van der Waals surface area contributed by atoms with E-state index in [0.717, 1.165) is 18.7 Å². The van der Waals surface area contributed by atoms with E-state index in [1.54, 1.807) is 0 Å². The van der Waals surface area contributed by atoms with Gasteiger partial charge in [0.1, 0.15) is 0 Å². The van der Waals surface area contributed by atoms with E-state index in [4.69, 9.17) is 15.5 Å². The number of aryl methyl sites for hydroxylation is 2. The highest BCUT2D eigenvalue weighted by Gasteiger charge is 2.59. The van der Waals surface area contributed by atoms with Gasteiger partial charge in [-0.25, -0.2) is 4.99 Å². The first-order valence-corrected chi connectivity index (χ1v) is 8.33. The fourth-order valence-electron chi connectivity index (χ4n) is 3.98. The number of rotatable bonds is 4. The van der Waals surface area contributed by atoms with Crippen LogP contribution in [0.3, 0.4) is 0 Å². The molecule has 2 aliphatic carbocycles. The minimum Gasteiger partial charge on any atom is -0.378 e.